The van der Waals surface area contributed by atoms with Gasteiger partial charge in [-0.2, -0.15) is 0 Å². The van der Waals surface area contributed by atoms with Crippen LogP contribution in [0, 0.1) is 58.2 Å². The van der Waals surface area contributed by atoms with E-state index in [1.807, 2.05) is 7.05 Å². The highest BCUT2D eigenvalue weighted by atomic mass is 16.5. The Morgan fingerprint density at radius 2 is 1.80 bits per heavy atom. The zero-order valence-corrected chi connectivity index (χ0v) is 29.8. The van der Waals surface area contributed by atoms with E-state index in [0.29, 0.717) is 69.2 Å². The third kappa shape index (κ3) is 4.51. The number of fused-ring (bicyclic) bond motifs is 8. The van der Waals surface area contributed by atoms with Crippen LogP contribution in [-0.4, -0.2) is 88.4 Å². The summed E-state index contributed by atoms with van der Waals surface area (Å²) in [5.74, 6) is -0.691. The minimum Gasteiger partial charge on any atom is -0.450 e. The van der Waals surface area contributed by atoms with Crippen molar-refractivity contribution >= 4 is 12.3 Å². The lowest BCUT2D eigenvalue weighted by molar-refractivity contribution is -0.341. The molecule has 7 aliphatic carbocycles. The number of nitrogens with one attached hydrogen (secondary N) is 2. The van der Waals surface area contributed by atoms with Crippen molar-refractivity contribution in [3.63, 3.8) is 0 Å². The largest absolute Gasteiger partial charge is 0.450 e. The number of hydrogen-bond acceptors (Lipinski definition) is 9. The summed E-state index contributed by atoms with van der Waals surface area (Å²) in [7, 11) is 1.91. The molecule has 1 aliphatic heterocycles. The molecule has 49 heavy (non-hydrogen) atoms. The molecule has 0 radical (unpaired) electrons. The number of hydrogen-bond donors (Lipinski definition) is 6. The Balaban J connectivity index is 1.20. The molecule has 272 valence electrons. The average molecular weight is 681 g/mol. The van der Waals surface area contributed by atoms with E-state index in [2.05, 4.69) is 30.6 Å². The first-order chi connectivity index (χ1) is 23.4. The molecule has 0 aromatic carbocycles. The molecule has 0 spiro atoms. The number of aldehydes is 1. The molecule has 9 nitrogen and oxygen atoms in total. The molecule has 0 bridgehead atoms. The van der Waals surface area contributed by atoms with Gasteiger partial charge in [-0.25, -0.2) is 4.79 Å². The normalized spacial score (nSPS) is 50.9. The summed E-state index contributed by atoms with van der Waals surface area (Å²) in [5.41, 5.74) is -4.73. The van der Waals surface area contributed by atoms with Crippen molar-refractivity contribution in [2.24, 2.45) is 58.2 Å². The van der Waals surface area contributed by atoms with E-state index < -0.39 is 57.6 Å². The highest BCUT2D eigenvalue weighted by Gasteiger charge is 2.81. The van der Waals surface area contributed by atoms with Gasteiger partial charge in [0, 0.05) is 43.0 Å². The fraction of sp³-hybridized carbons (Fsp3) is 0.850. The maximum Gasteiger partial charge on any atom is 0.331 e. The van der Waals surface area contributed by atoms with Gasteiger partial charge < -0.3 is 40.6 Å². The van der Waals surface area contributed by atoms with Crippen LogP contribution in [0.3, 0.4) is 0 Å². The summed E-state index contributed by atoms with van der Waals surface area (Å²) in [6.07, 6.45) is 13.2. The number of ether oxygens (including phenoxy) is 1. The minimum atomic E-state index is -1.62. The zero-order chi connectivity index (χ0) is 34.6. The van der Waals surface area contributed by atoms with Crippen molar-refractivity contribution in [1.82, 2.24) is 10.6 Å². The van der Waals surface area contributed by atoms with E-state index in [1.165, 1.54) is 25.7 Å². The van der Waals surface area contributed by atoms with Gasteiger partial charge in [-0.15, -0.1) is 0 Å². The molecule has 6 N–H and O–H groups in total. The SMILES string of the molecule is CNCCNCC1=CC2CC3(O)C(C)(CCC4C3(O)CC3CC(C(C)C5CCCC5)CCC5C(O)CCC4(C=O)C35O)C2C2=CC(=O)OC12. The van der Waals surface area contributed by atoms with Crippen molar-refractivity contribution in [3.05, 3.63) is 23.3 Å². The number of carbonyl (C=O) groups is 2. The van der Waals surface area contributed by atoms with E-state index in [0.717, 1.165) is 36.9 Å². The predicted molar refractivity (Wildman–Crippen MR) is 184 cm³/mol. The fourth-order valence-corrected chi connectivity index (χ4v) is 14.4. The van der Waals surface area contributed by atoms with E-state index in [1.54, 1.807) is 6.08 Å². The van der Waals surface area contributed by atoms with Crippen LogP contribution in [0.5, 0.6) is 0 Å². The number of aliphatic hydroxyl groups is 4. The van der Waals surface area contributed by atoms with Crippen LogP contribution in [0.15, 0.2) is 23.3 Å². The van der Waals surface area contributed by atoms with Crippen LogP contribution in [0.2, 0.25) is 0 Å². The number of allylic oxidation sites excluding steroid dienone is 1. The van der Waals surface area contributed by atoms with Gasteiger partial charge in [-0.05, 0) is 111 Å². The Labute approximate surface area is 291 Å². The van der Waals surface area contributed by atoms with Crippen molar-refractivity contribution < 1.29 is 34.8 Å². The molecule has 14 unspecified atom stereocenters. The maximum atomic E-state index is 13.8. The van der Waals surface area contributed by atoms with Gasteiger partial charge in [0.05, 0.1) is 22.7 Å². The first-order valence-electron chi connectivity index (χ1n) is 19.7. The Morgan fingerprint density at radius 1 is 1.02 bits per heavy atom. The summed E-state index contributed by atoms with van der Waals surface area (Å²) in [6.45, 7) is 6.59. The fourth-order valence-electron chi connectivity index (χ4n) is 14.4. The van der Waals surface area contributed by atoms with Gasteiger partial charge in [0.2, 0.25) is 0 Å². The Bertz CT molecular complexity index is 1410. The van der Waals surface area contributed by atoms with Gasteiger partial charge in [0.25, 0.3) is 0 Å². The molecular weight excluding hydrogens is 620 g/mol. The van der Waals surface area contributed by atoms with Crippen LogP contribution >= 0.6 is 0 Å². The van der Waals surface area contributed by atoms with Crippen molar-refractivity contribution in [3.8, 4) is 0 Å². The molecule has 0 aromatic heterocycles. The molecule has 1 heterocycles. The lowest BCUT2D eigenvalue weighted by Gasteiger charge is -2.71. The van der Waals surface area contributed by atoms with E-state index >= 15 is 0 Å². The Kier molecular flexibility index (Phi) is 8.41. The Hall–Kier alpha value is -1.62. The second kappa shape index (κ2) is 12.0. The molecule has 0 amide bonds. The first-order valence-corrected chi connectivity index (χ1v) is 19.7. The summed E-state index contributed by atoms with van der Waals surface area (Å²) in [6, 6.07) is 0. The lowest BCUT2D eigenvalue weighted by Crippen LogP contribution is -2.80. The van der Waals surface area contributed by atoms with Gasteiger partial charge in [-0.3, -0.25) is 0 Å². The topological polar surface area (TPSA) is 148 Å². The van der Waals surface area contributed by atoms with Crippen LogP contribution in [-0.2, 0) is 14.3 Å². The smallest absolute Gasteiger partial charge is 0.331 e. The molecule has 14 atom stereocenters. The third-order valence-electron chi connectivity index (χ3n) is 16.6. The lowest BCUT2D eigenvalue weighted by atomic mass is 9.36. The quantitative estimate of drug-likeness (QED) is 0.0982. The zero-order valence-electron chi connectivity index (χ0n) is 29.8. The monoisotopic (exact) mass is 680 g/mol. The van der Waals surface area contributed by atoms with E-state index in [-0.39, 0.29) is 24.2 Å². The molecule has 6 fully saturated rings. The number of rotatable bonds is 8. The summed E-state index contributed by atoms with van der Waals surface area (Å²) in [5, 5.41) is 58.3. The molecule has 8 rings (SSSR count). The molecule has 8 aliphatic rings. The van der Waals surface area contributed by atoms with Crippen LogP contribution in [0.25, 0.3) is 0 Å². The number of aliphatic hydroxyl groups excluding tert-OH is 1. The van der Waals surface area contributed by atoms with Crippen molar-refractivity contribution in [1.29, 1.82) is 0 Å². The average Bonchev–Trinajstić information content (AvgIpc) is 3.77. The number of esters is 1. The molecular formula is C40H60N2O7. The highest BCUT2D eigenvalue weighted by Crippen LogP contribution is 2.76. The minimum absolute atomic E-state index is 0.103. The van der Waals surface area contributed by atoms with Gasteiger partial charge in [-0.1, -0.05) is 45.6 Å². The second-order valence-electron chi connectivity index (χ2n) is 18.2. The van der Waals surface area contributed by atoms with Crippen molar-refractivity contribution in [2.75, 3.05) is 26.7 Å². The standard InChI is InChI=1S/C40H60N2O7/c1-23(24-6-4-5-7-24)25-8-9-30-31(44)10-13-37(22-43)32-11-12-36(2)34-26(19-39(36,47)38(32,46)20-28(17-25)40(30,37)48)16-27(21-42-15-14-41-3)35-29(34)18-33(45)49-35/h16,18,22-26,28,30-32,34-35,41-42,44,46-48H,4-15,17,19-21H2,1-3H3. The molecule has 0 aromatic rings. The highest BCUT2D eigenvalue weighted by molar-refractivity contribution is 5.87. The Morgan fingerprint density at radius 3 is 2.53 bits per heavy atom. The van der Waals surface area contributed by atoms with Gasteiger partial charge >= 0.3 is 5.97 Å². The third-order valence-corrected chi connectivity index (χ3v) is 16.6. The van der Waals surface area contributed by atoms with Gasteiger partial charge in [0.1, 0.15) is 18.0 Å². The maximum absolute atomic E-state index is 13.8. The number of carbonyl (C=O) groups excluding carboxylic acids is 2. The predicted octanol–water partition coefficient (Wildman–Crippen LogP) is 3.44. The summed E-state index contributed by atoms with van der Waals surface area (Å²) in [4.78, 5) is 26.6. The second-order valence-corrected chi connectivity index (χ2v) is 18.2. The number of likely N-dealkylation sites (N-methyl/N-ethyl adjacent to an activating group) is 1. The van der Waals surface area contributed by atoms with Crippen LogP contribution in [0.1, 0.15) is 97.3 Å². The van der Waals surface area contributed by atoms with E-state index in [9.17, 15) is 30.0 Å². The summed E-state index contributed by atoms with van der Waals surface area (Å²) >= 11 is 0. The van der Waals surface area contributed by atoms with Crippen LogP contribution < -0.4 is 10.6 Å². The molecule has 6 saturated carbocycles. The summed E-state index contributed by atoms with van der Waals surface area (Å²) < 4.78 is 5.90. The van der Waals surface area contributed by atoms with E-state index in [4.69, 9.17) is 4.74 Å². The van der Waals surface area contributed by atoms with Gasteiger partial charge in [0.15, 0.2) is 0 Å². The van der Waals surface area contributed by atoms with Crippen molar-refractivity contribution in [2.45, 2.75) is 126 Å². The van der Waals surface area contributed by atoms with Crippen LogP contribution in [0.4, 0.5) is 0 Å². The molecule has 0 saturated heterocycles. The first kappa shape index (κ1) is 34.5. The molecule has 9 heteroatoms.